The van der Waals surface area contributed by atoms with Crippen molar-refractivity contribution >= 4 is 32.8 Å². The third-order valence-electron chi connectivity index (χ3n) is 1.78. The molecule has 0 saturated carbocycles. The molecule has 0 aliphatic heterocycles. The normalized spacial score (nSPS) is 29.9. The molecule has 1 aliphatic carbocycles. The predicted molar refractivity (Wildman–Crippen MR) is 49.7 cm³/mol. The Bertz CT molecular complexity index is 244. The molecular formula is C8H8BrClO. The molecule has 0 bridgehead atoms. The Morgan fingerprint density at radius 3 is 2.82 bits per heavy atom. The summed E-state index contributed by atoms with van der Waals surface area (Å²) < 4.78 is 1.01. The van der Waals surface area contributed by atoms with Gasteiger partial charge in [0.1, 0.15) is 0 Å². The molecule has 1 aliphatic rings. The van der Waals surface area contributed by atoms with Crippen molar-refractivity contribution < 1.29 is 4.79 Å². The molecule has 1 atom stereocenters. The van der Waals surface area contributed by atoms with E-state index in [0.29, 0.717) is 6.42 Å². The van der Waals surface area contributed by atoms with Gasteiger partial charge in [-0.1, -0.05) is 34.2 Å². The molecule has 0 spiro atoms. The highest BCUT2D eigenvalue weighted by molar-refractivity contribution is 9.11. The van der Waals surface area contributed by atoms with Crippen molar-refractivity contribution in [2.24, 2.45) is 5.41 Å². The Balaban J connectivity index is 2.82. The van der Waals surface area contributed by atoms with Crippen molar-refractivity contribution in [1.29, 1.82) is 0 Å². The van der Waals surface area contributed by atoms with Crippen molar-refractivity contribution in [3.8, 4) is 0 Å². The summed E-state index contributed by atoms with van der Waals surface area (Å²) in [6.45, 7) is 1.83. The van der Waals surface area contributed by atoms with Gasteiger partial charge in [0, 0.05) is 4.48 Å². The van der Waals surface area contributed by atoms with Crippen LogP contribution in [-0.2, 0) is 4.79 Å². The van der Waals surface area contributed by atoms with Crippen LogP contribution in [0.15, 0.2) is 22.7 Å². The molecular weight excluding hydrogens is 227 g/mol. The van der Waals surface area contributed by atoms with Gasteiger partial charge in [0.15, 0.2) is 0 Å². The lowest BCUT2D eigenvalue weighted by Crippen LogP contribution is -2.21. The Morgan fingerprint density at radius 1 is 1.82 bits per heavy atom. The molecule has 0 aromatic rings. The van der Waals surface area contributed by atoms with Crippen LogP contribution in [0.3, 0.4) is 0 Å². The summed E-state index contributed by atoms with van der Waals surface area (Å²) in [7, 11) is 0. The second-order valence-electron chi connectivity index (χ2n) is 2.82. The van der Waals surface area contributed by atoms with Crippen molar-refractivity contribution in [3.63, 3.8) is 0 Å². The summed E-state index contributed by atoms with van der Waals surface area (Å²) in [5.41, 5.74) is -0.501. The van der Waals surface area contributed by atoms with E-state index < -0.39 is 5.41 Å². The lowest BCUT2D eigenvalue weighted by Gasteiger charge is -2.21. The van der Waals surface area contributed by atoms with Crippen LogP contribution < -0.4 is 0 Å². The number of halogens is 2. The Hall–Kier alpha value is -0.0800. The highest BCUT2D eigenvalue weighted by Crippen LogP contribution is 2.32. The van der Waals surface area contributed by atoms with E-state index in [9.17, 15) is 4.79 Å². The van der Waals surface area contributed by atoms with E-state index in [-0.39, 0.29) is 5.24 Å². The largest absolute Gasteiger partial charge is 0.280 e. The van der Waals surface area contributed by atoms with Gasteiger partial charge in [-0.05, 0) is 24.9 Å². The molecule has 60 valence electrons. The fourth-order valence-corrected chi connectivity index (χ4v) is 1.29. The van der Waals surface area contributed by atoms with E-state index >= 15 is 0 Å². The summed E-state index contributed by atoms with van der Waals surface area (Å²) in [5.74, 6) is 0. The Morgan fingerprint density at radius 2 is 2.45 bits per heavy atom. The van der Waals surface area contributed by atoms with Crippen LogP contribution in [0.2, 0.25) is 0 Å². The second kappa shape index (κ2) is 3.11. The van der Waals surface area contributed by atoms with Gasteiger partial charge in [0.2, 0.25) is 5.24 Å². The van der Waals surface area contributed by atoms with Gasteiger partial charge in [0.05, 0.1) is 5.41 Å². The van der Waals surface area contributed by atoms with E-state index in [1.54, 1.807) is 0 Å². The van der Waals surface area contributed by atoms with E-state index in [0.717, 1.165) is 4.48 Å². The van der Waals surface area contributed by atoms with Crippen LogP contribution >= 0.6 is 27.5 Å². The molecule has 3 heteroatoms. The number of hydrogen-bond acceptors (Lipinski definition) is 1. The molecule has 1 unspecified atom stereocenters. The summed E-state index contributed by atoms with van der Waals surface area (Å²) in [6.07, 6.45) is 6.29. The number of carbonyl (C=O) groups excluding carboxylic acids is 1. The zero-order chi connectivity index (χ0) is 8.48. The first kappa shape index (κ1) is 9.01. The zero-order valence-corrected chi connectivity index (χ0v) is 8.45. The van der Waals surface area contributed by atoms with Crippen molar-refractivity contribution in [2.75, 3.05) is 0 Å². The van der Waals surface area contributed by atoms with Crippen molar-refractivity contribution in [2.45, 2.75) is 13.3 Å². The standard InChI is InChI=1S/C8H8BrClO/c1-8(7(10)11)4-2-6(9)3-5-8/h2-4H,5H2,1H3. The van der Waals surface area contributed by atoms with Gasteiger partial charge >= 0.3 is 0 Å². The minimum atomic E-state index is -0.501. The Labute approximate surface area is 79.2 Å². The summed E-state index contributed by atoms with van der Waals surface area (Å²) in [4.78, 5) is 10.9. The van der Waals surface area contributed by atoms with Crippen molar-refractivity contribution in [1.82, 2.24) is 0 Å². The summed E-state index contributed by atoms with van der Waals surface area (Å²) >= 11 is 8.72. The molecule has 1 rings (SSSR count). The maximum atomic E-state index is 10.9. The van der Waals surface area contributed by atoms with E-state index in [4.69, 9.17) is 11.6 Å². The fourth-order valence-electron chi connectivity index (χ4n) is 0.855. The predicted octanol–water partition coefficient (Wildman–Crippen LogP) is 3.00. The maximum Gasteiger partial charge on any atom is 0.231 e. The van der Waals surface area contributed by atoms with E-state index in [1.165, 1.54) is 0 Å². The van der Waals surface area contributed by atoms with Gasteiger partial charge in [-0.3, -0.25) is 4.79 Å². The number of carbonyl (C=O) groups is 1. The first-order valence-corrected chi connectivity index (χ1v) is 4.46. The lowest BCUT2D eigenvalue weighted by molar-refractivity contribution is -0.117. The van der Waals surface area contributed by atoms with Crippen molar-refractivity contribution in [3.05, 3.63) is 22.7 Å². The first-order chi connectivity index (χ1) is 5.04. The van der Waals surface area contributed by atoms with Crippen LogP contribution in [-0.4, -0.2) is 5.24 Å². The average molecular weight is 236 g/mol. The van der Waals surface area contributed by atoms with Crippen LogP contribution in [0, 0.1) is 5.41 Å². The molecule has 0 amide bonds. The topological polar surface area (TPSA) is 17.1 Å². The summed E-state index contributed by atoms with van der Waals surface area (Å²) in [6, 6.07) is 0. The molecule has 0 aromatic heterocycles. The quantitative estimate of drug-likeness (QED) is 0.639. The SMILES string of the molecule is CC1(C(=O)Cl)C=CC(Br)=CC1. The van der Waals surface area contributed by atoms with Crippen LogP contribution in [0.25, 0.3) is 0 Å². The van der Waals surface area contributed by atoms with Crippen LogP contribution in [0.4, 0.5) is 0 Å². The minimum Gasteiger partial charge on any atom is -0.280 e. The fraction of sp³-hybridized carbons (Fsp3) is 0.375. The molecule has 0 heterocycles. The number of rotatable bonds is 1. The zero-order valence-electron chi connectivity index (χ0n) is 6.10. The molecule has 0 radical (unpaired) electrons. The molecule has 1 nitrogen and oxygen atoms in total. The van der Waals surface area contributed by atoms with E-state index in [2.05, 4.69) is 15.9 Å². The van der Waals surface area contributed by atoms with Gasteiger partial charge in [0.25, 0.3) is 0 Å². The molecule has 11 heavy (non-hydrogen) atoms. The summed E-state index contributed by atoms with van der Waals surface area (Å²) in [5, 5.41) is -0.301. The number of allylic oxidation sites excluding steroid dienone is 4. The average Bonchev–Trinajstić information content (AvgIpc) is 1.95. The van der Waals surface area contributed by atoms with Gasteiger partial charge in [-0.2, -0.15) is 0 Å². The third-order valence-corrected chi connectivity index (χ3v) is 2.80. The molecule has 0 aromatic carbocycles. The monoisotopic (exact) mass is 234 g/mol. The smallest absolute Gasteiger partial charge is 0.231 e. The first-order valence-electron chi connectivity index (χ1n) is 3.29. The van der Waals surface area contributed by atoms with Gasteiger partial charge in [-0.15, -0.1) is 0 Å². The molecule has 0 saturated heterocycles. The van der Waals surface area contributed by atoms with Gasteiger partial charge < -0.3 is 0 Å². The van der Waals surface area contributed by atoms with Gasteiger partial charge in [-0.25, -0.2) is 0 Å². The maximum absolute atomic E-state index is 10.9. The third kappa shape index (κ3) is 1.94. The number of hydrogen-bond donors (Lipinski definition) is 0. The van der Waals surface area contributed by atoms with Crippen LogP contribution in [0.5, 0.6) is 0 Å². The van der Waals surface area contributed by atoms with Crippen LogP contribution in [0.1, 0.15) is 13.3 Å². The molecule has 0 fully saturated rings. The second-order valence-corrected chi connectivity index (χ2v) is 4.08. The van der Waals surface area contributed by atoms with E-state index in [1.807, 2.05) is 25.2 Å². The Kier molecular flexibility index (Phi) is 2.55. The highest BCUT2D eigenvalue weighted by atomic mass is 79.9. The highest BCUT2D eigenvalue weighted by Gasteiger charge is 2.29. The minimum absolute atomic E-state index is 0.301. The molecule has 0 N–H and O–H groups in total. The lowest BCUT2D eigenvalue weighted by atomic mass is 9.85.